The van der Waals surface area contributed by atoms with Crippen molar-refractivity contribution in [2.24, 2.45) is 23.2 Å². The molecule has 63 heavy (non-hydrogen) atoms. The molecule has 4 aliphatic carbocycles. The number of nitrogens with zero attached hydrogens (tertiary/aromatic N) is 4. The summed E-state index contributed by atoms with van der Waals surface area (Å²) >= 11 is 0. The summed E-state index contributed by atoms with van der Waals surface area (Å²) in [5, 5.41) is 25.4. The second kappa shape index (κ2) is 17.3. The van der Waals surface area contributed by atoms with Crippen LogP contribution in [0.5, 0.6) is 11.5 Å². The van der Waals surface area contributed by atoms with Crippen molar-refractivity contribution >= 4 is 34.4 Å². The van der Waals surface area contributed by atoms with Crippen LogP contribution >= 0.6 is 0 Å². The number of nitrogens with one attached hydrogen (secondary N) is 1. The van der Waals surface area contributed by atoms with Gasteiger partial charge in [-0.05, 0) is 158 Å². The third kappa shape index (κ3) is 8.78. The lowest BCUT2D eigenvalue weighted by atomic mass is 9.49. The Morgan fingerprint density at radius 3 is 2.00 bits per heavy atom. The molecule has 330 valence electrons. The molecule has 4 bridgehead atoms. The van der Waals surface area contributed by atoms with Crippen molar-refractivity contribution in [1.29, 1.82) is 0 Å². The van der Waals surface area contributed by atoms with Gasteiger partial charge in [0.05, 0.1) is 12.1 Å². The molecule has 11 rings (SSSR count). The molecular weight excluding hydrogens is 791 g/mol. The van der Waals surface area contributed by atoms with Gasteiger partial charge in [0.25, 0.3) is 0 Å². The molecule has 4 aromatic carbocycles. The Morgan fingerprint density at radius 1 is 0.667 bits per heavy atom. The van der Waals surface area contributed by atoms with E-state index in [1.165, 1.54) is 38.5 Å². The number of fused-ring (bicyclic) bond motifs is 1. The summed E-state index contributed by atoms with van der Waals surface area (Å²) < 4.78 is 0. The first-order valence-corrected chi connectivity index (χ1v) is 23.5. The van der Waals surface area contributed by atoms with E-state index in [1.54, 1.807) is 29.2 Å². The lowest BCUT2D eigenvalue weighted by Gasteiger charge is -2.57. The predicted molar refractivity (Wildman–Crippen MR) is 241 cm³/mol. The van der Waals surface area contributed by atoms with Gasteiger partial charge < -0.3 is 30.2 Å². The molecule has 3 heterocycles. The zero-order valence-corrected chi connectivity index (χ0v) is 36.2. The first-order chi connectivity index (χ1) is 30.5. The molecule has 0 radical (unpaired) electrons. The zero-order chi connectivity index (χ0) is 43.2. The van der Waals surface area contributed by atoms with Gasteiger partial charge in [0.2, 0.25) is 0 Å². The van der Waals surface area contributed by atoms with Crippen LogP contribution in [0.15, 0.2) is 91.0 Å². The topological polar surface area (TPSA) is 134 Å². The monoisotopic (exact) mass is 851 g/mol. The number of carbonyl (C=O) groups excluding carboxylic acids is 4. The van der Waals surface area contributed by atoms with E-state index in [-0.39, 0.29) is 41.1 Å². The maximum atomic E-state index is 14.7. The maximum Gasteiger partial charge on any atom is 0.312 e. The lowest BCUT2D eigenvalue weighted by molar-refractivity contribution is -0.162. The Hall–Kier alpha value is -5.42. The summed E-state index contributed by atoms with van der Waals surface area (Å²) in [7, 11) is 0. The molecule has 3 aliphatic heterocycles. The van der Waals surface area contributed by atoms with E-state index in [9.17, 15) is 29.4 Å². The molecule has 4 aromatic rings. The van der Waals surface area contributed by atoms with Crippen LogP contribution in [0.4, 0.5) is 0 Å². The number of likely N-dealkylation sites (tertiary alicyclic amines) is 1. The van der Waals surface area contributed by atoms with E-state index >= 15 is 0 Å². The van der Waals surface area contributed by atoms with Gasteiger partial charge in [-0.3, -0.25) is 24.1 Å². The van der Waals surface area contributed by atoms with Crippen molar-refractivity contribution in [2.75, 3.05) is 39.3 Å². The average Bonchev–Trinajstić information content (AvgIpc) is 3.71. The average molecular weight is 852 g/mol. The number of hydrogen-bond acceptors (Lipinski definition) is 7. The summed E-state index contributed by atoms with van der Waals surface area (Å²) in [4.78, 5) is 63.8. The number of benzene rings is 4. The van der Waals surface area contributed by atoms with Gasteiger partial charge in [0.15, 0.2) is 0 Å². The number of aromatic hydroxyl groups is 2. The number of amides is 4. The van der Waals surface area contributed by atoms with Crippen LogP contribution < -0.4 is 5.32 Å². The second-order valence-corrected chi connectivity index (χ2v) is 20.2. The number of phenolic OH excluding ortho intramolecular Hbond substituents is 2. The van der Waals surface area contributed by atoms with Crippen molar-refractivity contribution in [3.63, 3.8) is 0 Å². The molecule has 0 spiro atoms. The summed E-state index contributed by atoms with van der Waals surface area (Å²) in [6.45, 7) is 2.98. The normalized spacial score (nSPS) is 28.9. The molecule has 3 saturated heterocycles. The standard InChI is InChI=1S/C52H61N5O6/c58-46-13-8-34(9-14-46)24-44(31-54-18-3-6-42(54)32-56-43(30-53-48(60)49(56)61)26-36-7-12-40-4-1-2-5-41(40)23-36)57-33-45(25-35-10-15-47(59)16-11-35)55(50(62)51(57)63)19-17-52-27-37-20-38(28-52)22-39(21-37)29-52/h1-2,4-5,7-16,23,37-39,42-45,58-59H,3,6,17-22,24-33H2,(H,53,60)/t37?,38?,39?,42-,43+,44-,45+,52?/m0/s1. The lowest BCUT2D eigenvalue weighted by Crippen LogP contribution is -2.65. The van der Waals surface area contributed by atoms with E-state index in [4.69, 9.17) is 0 Å². The fourth-order valence-corrected chi connectivity index (χ4v) is 13.2. The summed E-state index contributed by atoms with van der Waals surface area (Å²) in [5.41, 5.74) is 3.32. The van der Waals surface area contributed by atoms with E-state index in [2.05, 4.69) is 40.5 Å². The highest BCUT2D eigenvalue weighted by atomic mass is 16.3. The first kappa shape index (κ1) is 41.6. The molecule has 0 aromatic heterocycles. The van der Waals surface area contributed by atoms with E-state index in [0.29, 0.717) is 52.0 Å². The summed E-state index contributed by atoms with van der Waals surface area (Å²) in [6.07, 6.45) is 12.1. The van der Waals surface area contributed by atoms with E-state index in [0.717, 1.165) is 71.0 Å². The number of carbonyl (C=O) groups is 4. The third-order valence-corrected chi connectivity index (χ3v) is 15.9. The van der Waals surface area contributed by atoms with Gasteiger partial charge >= 0.3 is 23.6 Å². The Morgan fingerprint density at radius 2 is 1.30 bits per heavy atom. The van der Waals surface area contributed by atoms with Crippen LogP contribution in [0.2, 0.25) is 0 Å². The molecule has 3 N–H and O–H groups in total. The molecule has 4 amide bonds. The fraction of sp³-hybridized carbons (Fsp3) is 0.500. The van der Waals surface area contributed by atoms with Crippen LogP contribution in [-0.4, -0.2) is 117 Å². The van der Waals surface area contributed by atoms with E-state index < -0.39 is 23.6 Å². The SMILES string of the molecule is O=C1NC[C@@H](Cc2ccc3ccccc3c2)N(C[C@@H]2CCCN2C[C@H](Cc2ccc(O)cc2)N2C[C@@H](Cc3ccc(O)cc3)N(CCC34CC5CC(CC(C5)C3)C4)C(=O)C2=O)C1=O. The highest BCUT2D eigenvalue weighted by molar-refractivity contribution is 6.36. The van der Waals surface area contributed by atoms with Crippen LogP contribution in [0.3, 0.4) is 0 Å². The van der Waals surface area contributed by atoms with Crippen LogP contribution in [0.1, 0.15) is 74.5 Å². The minimum atomic E-state index is -0.579. The molecule has 7 aliphatic rings. The Balaban J connectivity index is 0.903. The molecule has 4 atom stereocenters. The first-order valence-electron chi connectivity index (χ1n) is 23.5. The third-order valence-electron chi connectivity index (χ3n) is 15.9. The second-order valence-electron chi connectivity index (χ2n) is 20.2. The highest BCUT2D eigenvalue weighted by Crippen LogP contribution is 2.61. The van der Waals surface area contributed by atoms with Gasteiger partial charge in [0, 0.05) is 44.8 Å². The Kier molecular flexibility index (Phi) is 11.4. The summed E-state index contributed by atoms with van der Waals surface area (Å²) in [6, 6.07) is 28.0. The van der Waals surface area contributed by atoms with Gasteiger partial charge in [0.1, 0.15) is 11.5 Å². The quantitative estimate of drug-likeness (QED) is 0.131. The Bertz CT molecular complexity index is 2310. The molecule has 4 saturated carbocycles. The van der Waals surface area contributed by atoms with Gasteiger partial charge in [-0.2, -0.15) is 0 Å². The van der Waals surface area contributed by atoms with Crippen molar-refractivity contribution < 1.29 is 29.4 Å². The van der Waals surface area contributed by atoms with Gasteiger partial charge in [-0.15, -0.1) is 0 Å². The van der Waals surface area contributed by atoms with Gasteiger partial charge in [-0.25, -0.2) is 0 Å². The van der Waals surface area contributed by atoms with Crippen LogP contribution in [0.25, 0.3) is 10.8 Å². The number of hydrogen-bond donors (Lipinski definition) is 3. The number of piperazine rings is 2. The van der Waals surface area contributed by atoms with Crippen molar-refractivity contribution in [3.05, 3.63) is 108 Å². The zero-order valence-electron chi connectivity index (χ0n) is 36.2. The molecule has 11 heteroatoms. The van der Waals surface area contributed by atoms with Crippen molar-refractivity contribution in [1.82, 2.24) is 24.9 Å². The number of rotatable bonds is 14. The van der Waals surface area contributed by atoms with Crippen molar-refractivity contribution in [2.45, 2.75) is 101 Å². The minimum Gasteiger partial charge on any atom is -0.508 e. The highest BCUT2D eigenvalue weighted by Gasteiger charge is 2.52. The predicted octanol–water partition coefficient (Wildman–Crippen LogP) is 6.08. The molecule has 0 unspecified atom stereocenters. The van der Waals surface area contributed by atoms with Crippen LogP contribution in [-0.2, 0) is 38.4 Å². The maximum absolute atomic E-state index is 14.7. The van der Waals surface area contributed by atoms with Gasteiger partial charge in [-0.1, -0.05) is 66.7 Å². The summed E-state index contributed by atoms with van der Waals surface area (Å²) in [5.74, 6) is 0.750. The Labute approximate surface area is 370 Å². The minimum absolute atomic E-state index is 0.0403. The molecular formula is C52H61N5O6. The van der Waals surface area contributed by atoms with Crippen LogP contribution in [0, 0.1) is 23.2 Å². The molecule has 7 fully saturated rings. The molecule has 11 nitrogen and oxygen atoms in total. The number of phenols is 2. The van der Waals surface area contributed by atoms with Crippen molar-refractivity contribution in [3.8, 4) is 11.5 Å². The fourth-order valence-electron chi connectivity index (χ4n) is 13.2. The smallest absolute Gasteiger partial charge is 0.312 e. The van der Waals surface area contributed by atoms with E-state index in [1.807, 2.05) is 46.2 Å². The largest absolute Gasteiger partial charge is 0.508 e.